The minimum atomic E-state index is -3.20. The van der Waals surface area contributed by atoms with E-state index in [4.69, 9.17) is 9.84 Å². The number of hydrogen-bond donors (Lipinski definition) is 1. The zero-order valence-electron chi connectivity index (χ0n) is 17.9. The molecule has 0 aliphatic carbocycles. The van der Waals surface area contributed by atoms with Crippen LogP contribution in [0.4, 0.5) is 17.6 Å². The molecule has 0 bridgehead atoms. The fourth-order valence-corrected chi connectivity index (χ4v) is 2.04. The van der Waals surface area contributed by atoms with Gasteiger partial charge >= 0.3 is 16.7 Å². The monoisotopic (exact) mass is 498 g/mol. The minimum absolute atomic E-state index is 0.382. The summed E-state index contributed by atoms with van der Waals surface area (Å²) in [5.41, 5.74) is 0. The Hall–Kier alpha value is -1.51. The first kappa shape index (κ1) is 30.7. The van der Waals surface area contributed by atoms with Crippen LogP contribution >= 0.6 is 15.9 Å². The Morgan fingerprint density at radius 3 is 2.20 bits per heavy atom. The maximum Gasteiger partial charge on any atom is 0.363 e. The van der Waals surface area contributed by atoms with Crippen molar-refractivity contribution in [3.8, 4) is 23.7 Å². The molecule has 0 saturated heterocycles. The molecule has 0 aromatic heterocycles. The topological polar surface area (TPSA) is 46.5 Å². The van der Waals surface area contributed by atoms with Gasteiger partial charge in [-0.05, 0) is 43.9 Å². The molecule has 0 aliphatic rings. The van der Waals surface area contributed by atoms with Gasteiger partial charge in [0.05, 0.1) is 0 Å². The number of alkyl halides is 5. The number of aliphatic hydroxyl groups excluding tert-OH is 1. The Morgan fingerprint density at radius 2 is 1.73 bits per heavy atom. The van der Waals surface area contributed by atoms with Crippen molar-refractivity contribution in [1.29, 1.82) is 0 Å². The van der Waals surface area contributed by atoms with Crippen LogP contribution in [-0.4, -0.2) is 34.0 Å². The van der Waals surface area contributed by atoms with Gasteiger partial charge in [-0.2, -0.15) is 17.6 Å². The molecule has 8 heteroatoms. The van der Waals surface area contributed by atoms with Crippen LogP contribution in [0.25, 0.3) is 0 Å². The molecule has 2 unspecified atom stereocenters. The number of aliphatic hydroxyl groups is 1. The molecular formula is C22H31BrF4O3. The average molecular weight is 499 g/mol. The van der Waals surface area contributed by atoms with Gasteiger partial charge in [0.2, 0.25) is 0 Å². The maximum atomic E-state index is 12.5. The van der Waals surface area contributed by atoms with Gasteiger partial charge in [0.25, 0.3) is 0 Å². The number of hydrogen-bond acceptors (Lipinski definition) is 3. The van der Waals surface area contributed by atoms with Crippen LogP contribution in [0.5, 0.6) is 0 Å². The smallest absolute Gasteiger partial charge is 0.363 e. The second-order valence-electron chi connectivity index (χ2n) is 6.49. The summed E-state index contributed by atoms with van der Waals surface area (Å²) in [6.45, 7) is 6.00. The van der Waals surface area contributed by atoms with Gasteiger partial charge in [0.15, 0.2) is 6.10 Å². The Balaban J connectivity index is 0. The second kappa shape index (κ2) is 17.2. The van der Waals surface area contributed by atoms with Crippen LogP contribution in [0.15, 0.2) is 12.2 Å². The third-order valence-corrected chi connectivity index (χ3v) is 3.42. The van der Waals surface area contributed by atoms with Crippen molar-refractivity contribution in [1.82, 2.24) is 0 Å². The van der Waals surface area contributed by atoms with Gasteiger partial charge < -0.3 is 9.84 Å². The zero-order chi connectivity index (χ0) is 23.6. The summed E-state index contributed by atoms with van der Waals surface area (Å²) in [6, 6.07) is 0. The van der Waals surface area contributed by atoms with E-state index in [-0.39, 0.29) is 0 Å². The van der Waals surface area contributed by atoms with Crippen LogP contribution in [-0.2, 0) is 9.53 Å². The van der Waals surface area contributed by atoms with Crippen molar-refractivity contribution in [2.75, 3.05) is 0 Å². The Labute approximate surface area is 185 Å². The van der Waals surface area contributed by atoms with E-state index in [2.05, 4.69) is 27.8 Å². The van der Waals surface area contributed by atoms with Crippen LogP contribution in [0, 0.1) is 23.7 Å². The SMILES string of the molecule is CC/C=C\CCC(O)C#CC(F)(F)Br.CCCCCC(C#CC(C)(F)F)OC(C)=O. The van der Waals surface area contributed by atoms with E-state index < -0.39 is 28.9 Å². The number of ether oxygens (including phenoxy) is 1. The van der Waals surface area contributed by atoms with E-state index in [1.54, 1.807) is 11.8 Å². The Morgan fingerprint density at radius 1 is 1.10 bits per heavy atom. The fraction of sp³-hybridized carbons (Fsp3) is 0.682. The highest BCUT2D eigenvalue weighted by atomic mass is 79.9. The third-order valence-electron chi connectivity index (χ3n) is 3.22. The van der Waals surface area contributed by atoms with Gasteiger partial charge in [-0.1, -0.05) is 50.7 Å². The van der Waals surface area contributed by atoms with Crippen LogP contribution in [0.1, 0.15) is 72.6 Å². The first-order chi connectivity index (χ1) is 13.8. The molecule has 0 aromatic carbocycles. The van der Waals surface area contributed by atoms with Crippen molar-refractivity contribution < 1.29 is 32.2 Å². The summed E-state index contributed by atoms with van der Waals surface area (Å²) in [7, 11) is 0. The van der Waals surface area contributed by atoms with Gasteiger partial charge in [0.1, 0.15) is 6.10 Å². The number of carbonyl (C=O) groups excluding carboxylic acids is 1. The molecule has 1 N–H and O–H groups in total. The van der Waals surface area contributed by atoms with Crippen molar-refractivity contribution in [2.24, 2.45) is 0 Å². The molecule has 0 rings (SSSR count). The normalized spacial score (nSPS) is 13.1. The first-order valence-corrected chi connectivity index (χ1v) is 10.6. The van der Waals surface area contributed by atoms with E-state index in [1.807, 2.05) is 26.0 Å². The van der Waals surface area contributed by atoms with Crippen molar-refractivity contribution >= 4 is 21.9 Å². The molecule has 0 aliphatic heterocycles. The van der Waals surface area contributed by atoms with E-state index in [1.165, 1.54) is 6.92 Å². The molecule has 0 aromatic rings. The highest BCUT2D eigenvalue weighted by molar-refractivity contribution is 9.10. The lowest BCUT2D eigenvalue weighted by Crippen LogP contribution is -2.16. The molecule has 0 amide bonds. The summed E-state index contributed by atoms with van der Waals surface area (Å²) >= 11 is 2.07. The van der Waals surface area contributed by atoms with Crippen LogP contribution < -0.4 is 0 Å². The van der Waals surface area contributed by atoms with Gasteiger partial charge in [-0.3, -0.25) is 4.79 Å². The van der Waals surface area contributed by atoms with Crippen LogP contribution in [0.2, 0.25) is 0 Å². The van der Waals surface area contributed by atoms with Crippen molar-refractivity contribution in [3.63, 3.8) is 0 Å². The maximum absolute atomic E-state index is 12.5. The highest BCUT2D eigenvalue weighted by Crippen LogP contribution is 2.19. The van der Waals surface area contributed by atoms with Crippen LogP contribution in [0.3, 0.4) is 0 Å². The molecule has 0 fully saturated rings. The lowest BCUT2D eigenvalue weighted by atomic mass is 10.1. The summed E-state index contributed by atoms with van der Waals surface area (Å²) in [5.74, 6) is 4.27. The van der Waals surface area contributed by atoms with Gasteiger partial charge in [-0.25, -0.2) is 0 Å². The Bertz CT molecular complexity index is 617. The Kier molecular flexibility index (Phi) is 17.6. The second-order valence-corrected chi connectivity index (χ2v) is 7.49. The molecule has 172 valence electrons. The molecule has 2 atom stereocenters. The van der Waals surface area contributed by atoms with E-state index in [0.29, 0.717) is 19.3 Å². The number of carbonyl (C=O) groups is 1. The lowest BCUT2D eigenvalue weighted by molar-refractivity contribution is -0.144. The summed E-state index contributed by atoms with van der Waals surface area (Å²) in [5, 5.41) is 9.15. The number of rotatable bonds is 9. The standard InChI is InChI=1S/C12H18F2O2.C10H13BrF2O/c1-4-5-6-7-11(16-10(2)15)8-9-12(3,13)14;1-2-3-4-5-6-9(14)7-8-10(11,12)13/h11H,4-7H2,1-3H3;3-4,9,14H,2,5-6H2,1H3/b;4-3-. The van der Waals surface area contributed by atoms with Crippen molar-refractivity contribution in [2.45, 2.75) is 95.6 Å². The van der Waals surface area contributed by atoms with E-state index in [0.717, 1.165) is 32.6 Å². The average Bonchev–Trinajstić information content (AvgIpc) is 2.60. The highest BCUT2D eigenvalue weighted by Gasteiger charge is 2.19. The predicted molar refractivity (Wildman–Crippen MR) is 114 cm³/mol. The molecule has 30 heavy (non-hydrogen) atoms. The third kappa shape index (κ3) is 26.5. The molecule has 0 radical (unpaired) electrons. The van der Waals surface area contributed by atoms with Gasteiger partial charge in [0, 0.05) is 29.8 Å². The van der Waals surface area contributed by atoms with Gasteiger partial charge in [-0.15, -0.1) is 0 Å². The molecule has 0 saturated carbocycles. The lowest BCUT2D eigenvalue weighted by Gasteiger charge is -2.10. The largest absolute Gasteiger partial charge is 0.449 e. The molecule has 3 nitrogen and oxygen atoms in total. The number of esters is 1. The van der Waals surface area contributed by atoms with Crippen molar-refractivity contribution in [3.05, 3.63) is 12.2 Å². The summed E-state index contributed by atoms with van der Waals surface area (Å²) in [4.78, 5) is 7.53. The zero-order valence-corrected chi connectivity index (χ0v) is 19.5. The molecular weight excluding hydrogens is 468 g/mol. The summed E-state index contributed by atoms with van der Waals surface area (Å²) < 4.78 is 54.1. The number of halogens is 5. The van der Waals surface area contributed by atoms with E-state index >= 15 is 0 Å². The predicted octanol–water partition coefficient (Wildman–Crippen LogP) is 6.24. The minimum Gasteiger partial charge on any atom is -0.449 e. The quantitative estimate of drug-likeness (QED) is 0.102. The molecule has 0 heterocycles. The fourth-order valence-electron chi connectivity index (χ4n) is 1.92. The van der Waals surface area contributed by atoms with E-state index in [9.17, 15) is 22.4 Å². The first-order valence-electron chi connectivity index (χ1n) is 9.80. The number of unbranched alkanes of at least 4 members (excludes halogenated alkanes) is 2. The molecule has 0 spiro atoms. The number of allylic oxidation sites excluding steroid dienone is 2. The summed E-state index contributed by atoms with van der Waals surface area (Å²) in [6.07, 6.45) is 7.44.